The van der Waals surface area contributed by atoms with Gasteiger partial charge >= 0.3 is 0 Å². The molecule has 0 aliphatic rings. The largest absolute Gasteiger partial charge is 0.369 e. The maximum atomic E-state index is 10.9. The summed E-state index contributed by atoms with van der Waals surface area (Å²) < 4.78 is 2.17. The molecule has 4 heteroatoms. The number of fused-ring (bicyclic) bond motifs is 1. The third kappa shape index (κ3) is 1.67. The lowest BCUT2D eigenvalue weighted by Crippen LogP contribution is -2.13. The SMILES string of the molecule is NC(=O)Cc1c(Br)sc2ccccc12. The lowest BCUT2D eigenvalue weighted by atomic mass is 10.1. The van der Waals surface area contributed by atoms with E-state index in [1.54, 1.807) is 11.3 Å². The maximum absolute atomic E-state index is 10.9. The Balaban J connectivity index is 2.62. The molecule has 0 aliphatic heterocycles. The van der Waals surface area contributed by atoms with Gasteiger partial charge in [-0.15, -0.1) is 11.3 Å². The third-order valence-electron chi connectivity index (χ3n) is 2.00. The number of halogens is 1. The number of primary amides is 1. The number of carbonyl (C=O) groups excluding carboxylic acids is 1. The van der Waals surface area contributed by atoms with Gasteiger partial charge in [0.1, 0.15) is 0 Å². The number of rotatable bonds is 2. The zero-order valence-corrected chi connectivity index (χ0v) is 9.69. The highest BCUT2D eigenvalue weighted by molar-refractivity contribution is 9.11. The van der Waals surface area contributed by atoms with Crippen LogP contribution in [0.5, 0.6) is 0 Å². The highest BCUT2D eigenvalue weighted by Crippen LogP contribution is 2.35. The minimum atomic E-state index is -0.297. The highest BCUT2D eigenvalue weighted by Gasteiger charge is 2.11. The van der Waals surface area contributed by atoms with Crippen LogP contribution in [0.3, 0.4) is 0 Å². The van der Waals surface area contributed by atoms with Crippen LogP contribution in [0, 0.1) is 0 Å². The number of hydrogen-bond donors (Lipinski definition) is 1. The van der Waals surface area contributed by atoms with Gasteiger partial charge in [0.15, 0.2) is 0 Å². The summed E-state index contributed by atoms with van der Waals surface area (Å²) >= 11 is 5.08. The molecular weight excluding hydrogens is 262 g/mol. The van der Waals surface area contributed by atoms with E-state index in [0.29, 0.717) is 6.42 Å². The highest BCUT2D eigenvalue weighted by atomic mass is 79.9. The summed E-state index contributed by atoms with van der Waals surface area (Å²) in [4.78, 5) is 10.9. The van der Waals surface area contributed by atoms with E-state index in [-0.39, 0.29) is 5.91 Å². The first-order valence-electron chi connectivity index (χ1n) is 4.12. The fourth-order valence-corrected chi connectivity index (χ4v) is 3.23. The Morgan fingerprint density at radius 1 is 1.43 bits per heavy atom. The molecule has 2 nitrogen and oxygen atoms in total. The normalized spacial score (nSPS) is 10.6. The summed E-state index contributed by atoms with van der Waals surface area (Å²) in [5.74, 6) is -0.297. The Labute approximate surface area is 93.9 Å². The first-order chi connectivity index (χ1) is 6.68. The van der Waals surface area contributed by atoms with E-state index >= 15 is 0 Å². The summed E-state index contributed by atoms with van der Waals surface area (Å²) in [6.45, 7) is 0. The van der Waals surface area contributed by atoms with Gasteiger partial charge in [-0.05, 0) is 32.9 Å². The van der Waals surface area contributed by atoms with Gasteiger partial charge in [-0.25, -0.2) is 0 Å². The van der Waals surface area contributed by atoms with E-state index in [1.807, 2.05) is 24.3 Å². The van der Waals surface area contributed by atoms with Crippen LogP contribution in [0.15, 0.2) is 28.1 Å². The smallest absolute Gasteiger partial charge is 0.221 e. The number of carbonyl (C=O) groups is 1. The average molecular weight is 270 g/mol. The Morgan fingerprint density at radius 2 is 2.14 bits per heavy atom. The predicted molar refractivity (Wildman–Crippen MR) is 62.4 cm³/mol. The van der Waals surface area contributed by atoms with Crippen LogP contribution >= 0.6 is 27.3 Å². The van der Waals surface area contributed by atoms with Gasteiger partial charge in [0, 0.05) is 4.70 Å². The van der Waals surface area contributed by atoms with Gasteiger partial charge in [-0.2, -0.15) is 0 Å². The van der Waals surface area contributed by atoms with Crippen molar-refractivity contribution in [3.05, 3.63) is 33.6 Å². The van der Waals surface area contributed by atoms with E-state index in [9.17, 15) is 4.79 Å². The third-order valence-corrected chi connectivity index (χ3v) is 3.97. The molecule has 0 atom stereocenters. The van der Waals surface area contributed by atoms with Crippen molar-refractivity contribution in [1.29, 1.82) is 0 Å². The van der Waals surface area contributed by atoms with Crippen molar-refractivity contribution in [2.45, 2.75) is 6.42 Å². The quantitative estimate of drug-likeness (QED) is 0.895. The molecule has 0 spiro atoms. The van der Waals surface area contributed by atoms with E-state index < -0.39 is 0 Å². The molecule has 0 radical (unpaired) electrons. The van der Waals surface area contributed by atoms with Crippen LogP contribution in [0.4, 0.5) is 0 Å². The molecule has 2 N–H and O–H groups in total. The Hall–Kier alpha value is -0.870. The lowest BCUT2D eigenvalue weighted by Gasteiger charge is -1.95. The van der Waals surface area contributed by atoms with E-state index in [0.717, 1.165) is 14.7 Å². The Morgan fingerprint density at radius 3 is 2.86 bits per heavy atom. The summed E-state index contributed by atoms with van der Waals surface area (Å²) in [5, 5.41) is 1.11. The summed E-state index contributed by atoms with van der Waals surface area (Å²) in [6.07, 6.45) is 0.296. The van der Waals surface area contributed by atoms with Gasteiger partial charge in [0.25, 0.3) is 0 Å². The zero-order valence-electron chi connectivity index (χ0n) is 7.29. The van der Waals surface area contributed by atoms with Gasteiger partial charge in [-0.1, -0.05) is 18.2 Å². The molecule has 72 valence electrons. The lowest BCUT2D eigenvalue weighted by molar-refractivity contribution is -0.117. The fraction of sp³-hybridized carbons (Fsp3) is 0.100. The van der Waals surface area contributed by atoms with Crippen molar-refractivity contribution in [3.8, 4) is 0 Å². The zero-order chi connectivity index (χ0) is 10.1. The molecule has 2 rings (SSSR count). The minimum Gasteiger partial charge on any atom is -0.369 e. The molecule has 0 unspecified atom stereocenters. The van der Waals surface area contributed by atoms with Crippen molar-refractivity contribution < 1.29 is 4.79 Å². The molecule has 1 amide bonds. The number of amides is 1. The Bertz CT molecular complexity index is 492. The molecular formula is C10H8BrNOS. The van der Waals surface area contributed by atoms with Crippen molar-refractivity contribution >= 4 is 43.3 Å². The van der Waals surface area contributed by atoms with Crippen LogP contribution in [-0.4, -0.2) is 5.91 Å². The maximum Gasteiger partial charge on any atom is 0.221 e. The van der Waals surface area contributed by atoms with Gasteiger partial charge in [0.05, 0.1) is 10.2 Å². The molecule has 1 aromatic carbocycles. The van der Waals surface area contributed by atoms with Crippen LogP contribution in [-0.2, 0) is 11.2 Å². The van der Waals surface area contributed by atoms with E-state index in [1.165, 1.54) is 4.70 Å². The Kier molecular flexibility index (Phi) is 2.56. The number of thiophene rings is 1. The molecule has 0 aliphatic carbocycles. The van der Waals surface area contributed by atoms with E-state index in [4.69, 9.17) is 5.73 Å². The second kappa shape index (κ2) is 3.71. The van der Waals surface area contributed by atoms with Crippen LogP contribution in [0.25, 0.3) is 10.1 Å². The first kappa shape index (κ1) is 9.68. The molecule has 0 saturated carbocycles. The predicted octanol–water partition coefficient (Wildman–Crippen LogP) is 2.69. The van der Waals surface area contributed by atoms with Gasteiger partial charge in [0.2, 0.25) is 5.91 Å². The summed E-state index contributed by atoms with van der Waals surface area (Å²) in [7, 11) is 0. The standard InChI is InChI=1S/C10H8BrNOS/c11-10-7(5-9(12)13)6-3-1-2-4-8(6)14-10/h1-4H,5H2,(H2,12,13). The van der Waals surface area contributed by atoms with Crippen LogP contribution < -0.4 is 5.73 Å². The summed E-state index contributed by atoms with van der Waals surface area (Å²) in [5.41, 5.74) is 6.19. The fourth-order valence-electron chi connectivity index (χ4n) is 1.41. The van der Waals surface area contributed by atoms with Crippen LogP contribution in [0.1, 0.15) is 5.56 Å². The van der Waals surface area contributed by atoms with Crippen molar-refractivity contribution in [1.82, 2.24) is 0 Å². The van der Waals surface area contributed by atoms with Crippen molar-refractivity contribution in [2.24, 2.45) is 5.73 Å². The number of benzene rings is 1. The molecule has 2 aromatic rings. The first-order valence-corrected chi connectivity index (χ1v) is 5.73. The second-order valence-electron chi connectivity index (χ2n) is 2.99. The molecule has 0 fully saturated rings. The van der Waals surface area contributed by atoms with Crippen LogP contribution in [0.2, 0.25) is 0 Å². The molecule has 0 bridgehead atoms. The van der Waals surface area contributed by atoms with Crippen molar-refractivity contribution in [2.75, 3.05) is 0 Å². The molecule has 14 heavy (non-hydrogen) atoms. The molecule has 1 heterocycles. The number of hydrogen-bond acceptors (Lipinski definition) is 2. The van der Waals surface area contributed by atoms with Gasteiger partial charge < -0.3 is 5.73 Å². The van der Waals surface area contributed by atoms with E-state index in [2.05, 4.69) is 15.9 Å². The van der Waals surface area contributed by atoms with Gasteiger partial charge in [-0.3, -0.25) is 4.79 Å². The number of nitrogens with two attached hydrogens (primary N) is 1. The minimum absolute atomic E-state index is 0.296. The summed E-state index contributed by atoms with van der Waals surface area (Å²) in [6, 6.07) is 8.00. The average Bonchev–Trinajstić information content (AvgIpc) is 2.43. The molecule has 1 aromatic heterocycles. The van der Waals surface area contributed by atoms with Crippen molar-refractivity contribution in [3.63, 3.8) is 0 Å². The second-order valence-corrected chi connectivity index (χ2v) is 5.36. The topological polar surface area (TPSA) is 43.1 Å². The monoisotopic (exact) mass is 269 g/mol. The molecule has 0 saturated heterocycles.